The van der Waals surface area contributed by atoms with Crippen molar-refractivity contribution in [2.75, 3.05) is 26.4 Å². The highest BCUT2D eigenvalue weighted by atomic mass is 16.7. The lowest BCUT2D eigenvalue weighted by Crippen LogP contribution is -2.57. The highest BCUT2D eigenvalue weighted by Crippen LogP contribution is 2.37. The largest absolute Gasteiger partial charge is 0.508 e. The van der Waals surface area contributed by atoms with E-state index in [0.717, 1.165) is 34.7 Å². The Hall–Kier alpha value is -2.24. The predicted octanol–water partition coefficient (Wildman–Crippen LogP) is 5.07. The fourth-order valence-electron chi connectivity index (χ4n) is 5.60. The number of aromatic hydroxyl groups is 1. The van der Waals surface area contributed by atoms with Crippen molar-refractivity contribution in [2.24, 2.45) is 0 Å². The second-order valence-corrected chi connectivity index (χ2v) is 9.35. The van der Waals surface area contributed by atoms with E-state index in [1.165, 1.54) is 64.5 Å². The number of likely N-dealkylation sites (tertiary alicyclic amines) is 1. The van der Waals surface area contributed by atoms with Crippen molar-refractivity contribution >= 4 is 0 Å². The molecule has 0 atom stereocenters. The number of ether oxygens (including phenoxy) is 2. The van der Waals surface area contributed by atoms with Gasteiger partial charge in [0.25, 0.3) is 0 Å². The maximum absolute atomic E-state index is 10.5. The molecular formula is C26H34N2O3. The van der Waals surface area contributed by atoms with Crippen LogP contribution in [-0.4, -0.2) is 42.0 Å². The summed E-state index contributed by atoms with van der Waals surface area (Å²) in [6.07, 6.45) is 10.7. The number of hydrogen-bond acceptors (Lipinski definition) is 5. The summed E-state index contributed by atoms with van der Waals surface area (Å²) in [6, 6.07) is 11.9. The van der Waals surface area contributed by atoms with Gasteiger partial charge in [-0.05, 0) is 74.2 Å². The Bertz CT molecular complexity index is 902. The molecule has 2 N–H and O–H groups in total. The van der Waals surface area contributed by atoms with E-state index in [1.807, 2.05) is 24.3 Å². The molecule has 2 aromatic rings. The van der Waals surface area contributed by atoms with Crippen LogP contribution in [0.15, 0.2) is 36.4 Å². The summed E-state index contributed by atoms with van der Waals surface area (Å²) >= 11 is 0. The second-order valence-electron chi connectivity index (χ2n) is 9.35. The first-order valence-electron chi connectivity index (χ1n) is 11.9. The van der Waals surface area contributed by atoms with E-state index < -0.39 is 0 Å². The molecule has 0 bridgehead atoms. The molecule has 3 aliphatic rings. The second kappa shape index (κ2) is 9.09. The molecule has 0 amide bonds. The Morgan fingerprint density at radius 1 is 0.839 bits per heavy atom. The van der Waals surface area contributed by atoms with Crippen LogP contribution in [0.2, 0.25) is 0 Å². The molecule has 5 rings (SSSR count). The van der Waals surface area contributed by atoms with Crippen LogP contribution >= 0.6 is 0 Å². The van der Waals surface area contributed by atoms with E-state index in [4.69, 9.17) is 9.47 Å². The lowest BCUT2D eigenvalue weighted by Gasteiger charge is -2.48. The fourth-order valence-corrected chi connectivity index (χ4v) is 5.60. The molecule has 5 nitrogen and oxygen atoms in total. The summed E-state index contributed by atoms with van der Waals surface area (Å²) < 4.78 is 11.0. The van der Waals surface area contributed by atoms with E-state index in [0.29, 0.717) is 17.8 Å². The van der Waals surface area contributed by atoms with Crippen molar-refractivity contribution in [3.63, 3.8) is 0 Å². The van der Waals surface area contributed by atoms with Gasteiger partial charge in [0.1, 0.15) is 5.75 Å². The Morgan fingerprint density at radius 2 is 1.55 bits per heavy atom. The van der Waals surface area contributed by atoms with Gasteiger partial charge >= 0.3 is 0 Å². The average Bonchev–Trinajstić information content (AvgIpc) is 3.29. The smallest absolute Gasteiger partial charge is 0.231 e. The molecule has 166 valence electrons. The zero-order valence-corrected chi connectivity index (χ0v) is 18.4. The lowest BCUT2D eigenvalue weighted by molar-refractivity contribution is 0.0332. The zero-order chi connectivity index (χ0) is 21.1. The van der Waals surface area contributed by atoms with Crippen LogP contribution in [0.25, 0.3) is 11.1 Å². The van der Waals surface area contributed by atoms with Crippen molar-refractivity contribution in [3.05, 3.63) is 42.0 Å². The van der Waals surface area contributed by atoms with Gasteiger partial charge in [0.05, 0.1) is 0 Å². The standard InChI is InChI=1S/C26H34N2O3/c29-23-9-7-20(21-8-10-24-25(16-21)31-19-30-24)15-22(23)17-27-18-26(11-3-1-4-12-26)28-13-5-2-6-14-28/h7-10,15-16,27,29H,1-6,11-14,17-19H2. The molecule has 2 aromatic carbocycles. The first-order valence-corrected chi connectivity index (χ1v) is 11.9. The number of benzene rings is 2. The molecule has 31 heavy (non-hydrogen) atoms. The third-order valence-electron chi connectivity index (χ3n) is 7.37. The van der Waals surface area contributed by atoms with Crippen LogP contribution in [0, 0.1) is 0 Å². The molecule has 0 aromatic heterocycles. The van der Waals surface area contributed by atoms with E-state index >= 15 is 0 Å². The fraction of sp³-hybridized carbons (Fsp3) is 0.538. The molecule has 0 spiro atoms. The summed E-state index contributed by atoms with van der Waals surface area (Å²) in [7, 11) is 0. The van der Waals surface area contributed by atoms with Crippen LogP contribution in [0.3, 0.4) is 0 Å². The van der Waals surface area contributed by atoms with Gasteiger partial charge in [-0.25, -0.2) is 0 Å². The van der Waals surface area contributed by atoms with E-state index in [-0.39, 0.29) is 6.79 Å². The topological polar surface area (TPSA) is 54.0 Å². The number of piperidine rings is 1. The van der Waals surface area contributed by atoms with Crippen molar-refractivity contribution in [2.45, 2.75) is 63.5 Å². The summed E-state index contributed by atoms with van der Waals surface area (Å²) in [5.41, 5.74) is 3.39. The third kappa shape index (κ3) is 4.39. The summed E-state index contributed by atoms with van der Waals surface area (Å²) in [5.74, 6) is 1.93. The maximum Gasteiger partial charge on any atom is 0.231 e. The van der Waals surface area contributed by atoms with Crippen molar-refractivity contribution in [1.29, 1.82) is 0 Å². The highest BCUT2D eigenvalue weighted by Gasteiger charge is 2.37. The van der Waals surface area contributed by atoms with Crippen molar-refractivity contribution < 1.29 is 14.6 Å². The first-order chi connectivity index (χ1) is 15.2. The molecule has 1 saturated carbocycles. The third-order valence-corrected chi connectivity index (χ3v) is 7.37. The molecule has 5 heteroatoms. The maximum atomic E-state index is 10.5. The number of rotatable bonds is 6. The van der Waals surface area contributed by atoms with Crippen LogP contribution in [-0.2, 0) is 6.54 Å². The summed E-state index contributed by atoms with van der Waals surface area (Å²) in [6.45, 7) is 4.45. The van der Waals surface area contributed by atoms with E-state index in [2.05, 4.69) is 16.3 Å². The van der Waals surface area contributed by atoms with Crippen LogP contribution in [0.5, 0.6) is 17.2 Å². The SMILES string of the molecule is Oc1ccc(-c2ccc3c(c2)OCO3)cc1CNCC1(N2CCCCC2)CCCCC1. The number of phenols is 1. The first kappa shape index (κ1) is 20.7. The quantitative estimate of drug-likeness (QED) is 0.681. The Balaban J connectivity index is 1.29. The average molecular weight is 423 g/mol. The van der Waals surface area contributed by atoms with Gasteiger partial charge in [0.15, 0.2) is 11.5 Å². The number of hydrogen-bond donors (Lipinski definition) is 2. The molecule has 0 unspecified atom stereocenters. The van der Waals surface area contributed by atoms with Crippen LogP contribution in [0.4, 0.5) is 0 Å². The molecule has 1 aliphatic carbocycles. The Morgan fingerprint density at radius 3 is 2.39 bits per heavy atom. The Labute approximate surface area is 185 Å². The number of nitrogens with one attached hydrogen (secondary N) is 1. The zero-order valence-electron chi connectivity index (χ0n) is 18.4. The van der Waals surface area contributed by atoms with Gasteiger partial charge in [0.2, 0.25) is 6.79 Å². The van der Waals surface area contributed by atoms with Crippen molar-refractivity contribution in [3.8, 4) is 28.4 Å². The normalized spacial score (nSPS) is 20.6. The number of nitrogens with zero attached hydrogens (tertiary/aromatic N) is 1. The minimum Gasteiger partial charge on any atom is -0.508 e. The summed E-state index contributed by atoms with van der Waals surface area (Å²) in [5, 5.41) is 14.2. The molecule has 2 aliphatic heterocycles. The molecule has 2 fully saturated rings. The predicted molar refractivity (Wildman–Crippen MR) is 123 cm³/mol. The minimum atomic E-state index is 0.280. The molecule has 0 radical (unpaired) electrons. The van der Waals surface area contributed by atoms with E-state index in [1.54, 1.807) is 6.07 Å². The van der Waals surface area contributed by atoms with Gasteiger partial charge < -0.3 is 19.9 Å². The van der Waals surface area contributed by atoms with Gasteiger partial charge in [-0.1, -0.05) is 37.8 Å². The monoisotopic (exact) mass is 422 g/mol. The van der Waals surface area contributed by atoms with Crippen LogP contribution in [0.1, 0.15) is 56.9 Å². The van der Waals surface area contributed by atoms with Gasteiger partial charge in [-0.2, -0.15) is 0 Å². The number of phenolic OH excluding ortho intramolecular Hbond substituents is 1. The minimum absolute atomic E-state index is 0.280. The highest BCUT2D eigenvalue weighted by molar-refractivity contribution is 5.69. The molecule has 1 saturated heterocycles. The van der Waals surface area contributed by atoms with Crippen molar-refractivity contribution in [1.82, 2.24) is 10.2 Å². The lowest BCUT2D eigenvalue weighted by atomic mass is 9.79. The van der Waals surface area contributed by atoms with Gasteiger partial charge in [-0.15, -0.1) is 0 Å². The summed E-state index contributed by atoms with van der Waals surface area (Å²) in [4.78, 5) is 2.77. The molecular weight excluding hydrogens is 388 g/mol. The van der Waals surface area contributed by atoms with Gasteiger partial charge in [-0.3, -0.25) is 4.90 Å². The van der Waals surface area contributed by atoms with Crippen LogP contribution < -0.4 is 14.8 Å². The van der Waals surface area contributed by atoms with E-state index in [9.17, 15) is 5.11 Å². The molecule has 2 heterocycles. The number of fused-ring (bicyclic) bond motifs is 1. The van der Waals surface area contributed by atoms with Gasteiger partial charge in [0, 0.05) is 24.2 Å². The Kier molecular flexibility index (Phi) is 6.06.